The molecule has 0 aromatic carbocycles. The predicted molar refractivity (Wildman–Crippen MR) is 69.6 cm³/mol. The van der Waals surface area contributed by atoms with Crippen molar-refractivity contribution < 1.29 is 9.26 Å². The number of morpholine rings is 1. The Morgan fingerprint density at radius 1 is 1.28 bits per heavy atom. The number of hydrogen-bond donors (Lipinski definition) is 1. The van der Waals surface area contributed by atoms with Crippen molar-refractivity contribution in [3.05, 3.63) is 17.0 Å². The normalized spacial score (nSPS) is 17.2. The molecule has 1 aliphatic heterocycles. The minimum absolute atomic E-state index is 0.851. The second-order valence-electron chi connectivity index (χ2n) is 4.79. The molecule has 2 rings (SSSR count). The Labute approximate surface area is 108 Å². The fourth-order valence-electron chi connectivity index (χ4n) is 2.22. The SMILES string of the molecule is Cc1noc(C)c1CNCCCN1CCOCC1. The minimum Gasteiger partial charge on any atom is -0.379 e. The molecule has 1 fully saturated rings. The average molecular weight is 253 g/mol. The highest BCUT2D eigenvalue weighted by Crippen LogP contribution is 2.11. The van der Waals surface area contributed by atoms with E-state index in [1.807, 2.05) is 13.8 Å². The van der Waals surface area contributed by atoms with Gasteiger partial charge in [0.15, 0.2) is 0 Å². The van der Waals surface area contributed by atoms with Gasteiger partial charge >= 0.3 is 0 Å². The van der Waals surface area contributed by atoms with Gasteiger partial charge in [-0.25, -0.2) is 0 Å². The van der Waals surface area contributed by atoms with Crippen molar-refractivity contribution in [1.29, 1.82) is 0 Å². The maximum atomic E-state index is 5.33. The van der Waals surface area contributed by atoms with Crippen molar-refractivity contribution in [3.63, 3.8) is 0 Å². The van der Waals surface area contributed by atoms with Crippen LogP contribution in [0.5, 0.6) is 0 Å². The second kappa shape index (κ2) is 6.87. The van der Waals surface area contributed by atoms with Gasteiger partial charge in [0.25, 0.3) is 0 Å². The lowest BCUT2D eigenvalue weighted by atomic mass is 10.2. The van der Waals surface area contributed by atoms with Gasteiger partial charge in [-0.3, -0.25) is 4.90 Å². The molecule has 0 spiro atoms. The molecule has 0 amide bonds. The number of hydrogen-bond acceptors (Lipinski definition) is 5. The van der Waals surface area contributed by atoms with Crippen LogP contribution in [0, 0.1) is 13.8 Å². The molecule has 0 aliphatic carbocycles. The molecule has 0 atom stereocenters. The van der Waals surface area contributed by atoms with Gasteiger partial charge in [0.1, 0.15) is 5.76 Å². The summed E-state index contributed by atoms with van der Waals surface area (Å²) in [6, 6.07) is 0. The molecule has 5 nitrogen and oxygen atoms in total. The Balaban J connectivity index is 1.58. The highest BCUT2D eigenvalue weighted by atomic mass is 16.5. The third-order valence-electron chi connectivity index (χ3n) is 3.41. The number of ether oxygens (including phenoxy) is 1. The van der Waals surface area contributed by atoms with Crippen LogP contribution in [-0.2, 0) is 11.3 Å². The van der Waals surface area contributed by atoms with E-state index in [1.54, 1.807) is 0 Å². The van der Waals surface area contributed by atoms with E-state index in [0.29, 0.717) is 0 Å². The van der Waals surface area contributed by atoms with Crippen LogP contribution in [0.15, 0.2) is 4.52 Å². The van der Waals surface area contributed by atoms with Crippen LogP contribution in [0.1, 0.15) is 23.4 Å². The van der Waals surface area contributed by atoms with Crippen LogP contribution in [0.4, 0.5) is 0 Å². The minimum atomic E-state index is 0.851. The number of rotatable bonds is 6. The summed E-state index contributed by atoms with van der Waals surface area (Å²) in [5.74, 6) is 0.924. The zero-order valence-corrected chi connectivity index (χ0v) is 11.4. The molecule has 1 saturated heterocycles. The highest BCUT2D eigenvalue weighted by Gasteiger charge is 2.10. The van der Waals surface area contributed by atoms with Crippen LogP contribution >= 0.6 is 0 Å². The van der Waals surface area contributed by atoms with Gasteiger partial charge < -0.3 is 14.6 Å². The van der Waals surface area contributed by atoms with Gasteiger partial charge in [-0.1, -0.05) is 5.16 Å². The molecule has 0 bridgehead atoms. The number of nitrogens with one attached hydrogen (secondary N) is 1. The van der Waals surface area contributed by atoms with Gasteiger partial charge in [-0.15, -0.1) is 0 Å². The lowest BCUT2D eigenvalue weighted by Crippen LogP contribution is -2.37. The zero-order chi connectivity index (χ0) is 12.8. The van der Waals surface area contributed by atoms with E-state index in [9.17, 15) is 0 Å². The maximum Gasteiger partial charge on any atom is 0.138 e. The summed E-state index contributed by atoms with van der Waals surface area (Å²) in [4.78, 5) is 2.46. The molecule has 0 saturated carbocycles. The first-order chi connectivity index (χ1) is 8.77. The van der Waals surface area contributed by atoms with E-state index in [0.717, 1.165) is 57.4 Å². The van der Waals surface area contributed by atoms with Gasteiger partial charge in [0.05, 0.1) is 18.9 Å². The summed E-state index contributed by atoms with van der Waals surface area (Å²) >= 11 is 0. The van der Waals surface area contributed by atoms with E-state index in [1.165, 1.54) is 12.0 Å². The lowest BCUT2D eigenvalue weighted by molar-refractivity contribution is 0.0374. The van der Waals surface area contributed by atoms with Gasteiger partial charge in [-0.2, -0.15) is 0 Å². The van der Waals surface area contributed by atoms with Crippen LogP contribution in [0.2, 0.25) is 0 Å². The summed E-state index contributed by atoms with van der Waals surface area (Å²) in [5.41, 5.74) is 2.19. The first-order valence-corrected chi connectivity index (χ1v) is 6.70. The molecular weight excluding hydrogens is 230 g/mol. The van der Waals surface area contributed by atoms with Crippen molar-refractivity contribution >= 4 is 0 Å². The van der Waals surface area contributed by atoms with Crippen molar-refractivity contribution in [1.82, 2.24) is 15.4 Å². The first kappa shape index (κ1) is 13.5. The molecule has 1 aliphatic rings. The van der Waals surface area contributed by atoms with E-state index in [2.05, 4.69) is 15.4 Å². The summed E-state index contributed by atoms with van der Waals surface area (Å²) in [6.45, 7) is 10.9. The van der Waals surface area contributed by atoms with Crippen LogP contribution in [-0.4, -0.2) is 49.4 Å². The molecule has 18 heavy (non-hydrogen) atoms. The largest absolute Gasteiger partial charge is 0.379 e. The summed E-state index contributed by atoms with van der Waals surface area (Å²) in [6.07, 6.45) is 1.17. The first-order valence-electron chi connectivity index (χ1n) is 6.70. The van der Waals surface area contributed by atoms with Gasteiger partial charge in [0, 0.05) is 25.2 Å². The Morgan fingerprint density at radius 2 is 2.06 bits per heavy atom. The standard InChI is InChI=1S/C13H23N3O2/c1-11-13(12(2)18-15-11)10-14-4-3-5-16-6-8-17-9-7-16/h14H,3-10H2,1-2H3. The highest BCUT2D eigenvalue weighted by molar-refractivity contribution is 5.20. The third-order valence-corrected chi connectivity index (χ3v) is 3.41. The predicted octanol–water partition coefficient (Wildman–Crippen LogP) is 1.10. The Kier molecular flexibility index (Phi) is 5.16. The molecule has 1 aromatic rings. The smallest absolute Gasteiger partial charge is 0.138 e. The zero-order valence-electron chi connectivity index (χ0n) is 11.4. The Hall–Kier alpha value is -0.910. The van der Waals surface area contributed by atoms with Crippen molar-refractivity contribution in [2.24, 2.45) is 0 Å². The molecule has 1 N–H and O–H groups in total. The van der Waals surface area contributed by atoms with E-state index >= 15 is 0 Å². The summed E-state index contributed by atoms with van der Waals surface area (Å²) in [5, 5.41) is 7.40. The topological polar surface area (TPSA) is 50.5 Å². The monoisotopic (exact) mass is 253 g/mol. The van der Waals surface area contributed by atoms with Crippen LogP contribution in [0.3, 0.4) is 0 Å². The Morgan fingerprint density at radius 3 is 2.72 bits per heavy atom. The second-order valence-corrected chi connectivity index (χ2v) is 4.79. The molecule has 1 aromatic heterocycles. The molecule has 0 radical (unpaired) electrons. The van der Waals surface area contributed by atoms with Crippen molar-refractivity contribution in [3.8, 4) is 0 Å². The van der Waals surface area contributed by atoms with Crippen LogP contribution < -0.4 is 5.32 Å². The molecular formula is C13H23N3O2. The van der Waals surface area contributed by atoms with E-state index < -0.39 is 0 Å². The van der Waals surface area contributed by atoms with Crippen LogP contribution in [0.25, 0.3) is 0 Å². The fourth-order valence-corrected chi connectivity index (χ4v) is 2.22. The van der Waals surface area contributed by atoms with Crippen molar-refractivity contribution in [2.45, 2.75) is 26.8 Å². The van der Waals surface area contributed by atoms with Gasteiger partial charge in [0.2, 0.25) is 0 Å². The van der Waals surface area contributed by atoms with E-state index in [-0.39, 0.29) is 0 Å². The molecule has 2 heterocycles. The molecule has 0 unspecified atom stereocenters. The maximum absolute atomic E-state index is 5.33. The quantitative estimate of drug-likeness (QED) is 0.770. The van der Waals surface area contributed by atoms with E-state index in [4.69, 9.17) is 9.26 Å². The fraction of sp³-hybridized carbons (Fsp3) is 0.769. The number of aryl methyl sites for hydroxylation is 2. The molecule has 5 heteroatoms. The number of nitrogens with zero attached hydrogens (tertiary/aromatic N) is 2. The lowest BCUT2D eigenvalue weighted by Gasteiger charge is -2.26. The summed E-state index contributed by atoms with van der Waals surface area (Å²) < 4.78 is 10.5. The van der Waals surface area contributed by atoms with Crippen molar-refractivity contribution in [2.75, 3.05) is 39.4 Å². The molecule has 102 valence electrons. The third kappa shape index (κ3) is 3.80. The Bertz CT molecular complexity index is 340. The average Bonchev–Trinajstić information content (AvgIpc) is 2.71. The summed E-state index contributed by atoms with van der Waals surface area (Å²) in [7, 11) is 0. The number of aromatic nitrogens is 1. The van der Waals surface area contributed by atoms with Gasteiger partial charge in [-0.05, 0) is 33.4 Å².